The summed E-state index contributed by atoms with van der Waals surface area (Å²) < 4.78 is 39.1. The highest BCUT2D eigenvalue weighted by Crippen LogP contribution is 2.29. The molecule has 0 radical (unpaired) electrons. The van der Waals surface area contributed by atoms with Crippen molar-refractivity contribution in [2.45, 2.75) is 4.90 Å². The van der Waals surface area contributed by atoms with Gasteiger partial charge in [-0.1, -0.05) is 24.3 Å². The fourth-order valence-corrected chi connectivity index (χ4v) is 4.80. The number of hydrogen-bond donors (Lipinski definition) is 1. The maximum absolute atomic E-state index is 13.3. The molecule has 0 fully saturated rings. The second-order valence-electron chi connectivity index (χ2n) is 6.68. The molecule has 1 N–H and O–H groups in total. The Balaban J connectivity index is 1.83. The van der Waals surface area contributed by atoms with Crippen LogP contribution < -0.4 is 19.2 Å². The van der Waals surface area contributed by atoms with Crippen LogP contribution in [0.2, 0.25) is 0 Å². The largest absolute Gasteiger partial charge is 0.493 e. The minimum Gasteiger partial charge on any atom is -0.493 e. The van der Waals surface area contributed by atoms with Gasteiger partial charge in [0.15, 0.2) is 11.5 Å². The van der Waals surface area contributed by atoms with Gasteiger partial charge in [0.1, 0.15) is 6.54 Å². The van der Waals surface area contributed by atoms with Gasteiger partial charge in [-0.05, 0) is 71.1 Å². The van der Waals surface area contributed by atoms with E-state index in [9.17, 15) is 13.2 Å². The van der Waals surface area contributed by atoms with Crippen molar-refractivity contribution in [2.75, 3.05) is 25.1 Å². The lowest BCUT2D eigenvalue weighted by molar-refractivity contribution is -0.119. The Hall–Kier alpha value is -3.12. The number of methoxy groups -OCH3 is 2. The molecule has 0 spiro atoms. The van der Waals surface area contributed by atoms with Crippen molar-refractivity contribution in [3.05, 3.63) is 81.9 Å². The van der Waals surface area contributed by atoms with Crippen LogP contribution in [-0.2, 0) is 14.8 Å². The zero-order chi connectivity index (χ0) is 23.8. The lowest BCUT2D eigenvalue weighted by atomic mass is 10.2. The molecule has 33 heavy (non-hydrogen) atoms. The summed E-state index contributed by atoms with van der Waals surface area (Å²) in [7, 11) is -0.955. The Morgan fingerprint density at radius 2 is 1.70 bits per heavy atom. The second kappa shape index (κ2) is 11.1. The molecule has 0 aliphatic carbocycles. The summed E-state index contributed by atoms with van der Waals surface area (Å²) in [6, 6.07) is 20.0. The van der Waals surface area contributed by atoms with E-state index in [4.69, 9.17) is 9.47 Å². The number of nitrogens with zero attached hydrogens (tertiary/aromatic N) is 2. The van der Waals surface area contributed by atoms with E-state index in [2.05, 4.69) is 33.1 Å². The Morgan fingerprint density at radius 1 is 1.00 bits per heavy atom. The van der Waals surface area contributed by atoms with Crippen molar-refractivity contribution >= 4 is 50.4 Å². The van der Waals surface area contributed by atoms with Gasteiger partial charge in [-0.25, -0.2) is 13.8 Å². The van der Waals surface area contributed by atoms with Crippen molar-refractivity contribution in [3.63, 3.8) is 0 Å². The summed E-state index contributed by atoms with van der Waals surface area (Å²) in [6.07, 6.45) is 1.40. The molecule has 0 unspecified atom stereocenters. The van der Waals surface area contributed by atoms with Crippen molar-refractivity contribution in [2.24, 2.45) is 5.10 Å². The van der Waals surface area contributed by atoms with Crippen LogP contribution in [0.4, 0.5) is 5.69 Å². The maximum atomic E-state index is 13.3. The molecule has 1 amide bonds. The van der Waals surface area contributed by atoms with Crippen molar-refractivity contribution in [1.82, 2.24) is 5.43 Å². The van der Waals surface area contributed by atoms with Crippen LogP contribution in [0.15, 0.2) is 82.8 Å². The molecule has 0 heterocycles. The minimum atomic E-state index is -3.98. The first-order valence-electron chi connectivity index (χ1n) is 9.73. The van der Waals surface area contributed by atoms with Gasteiger partial charge in [0.2, 0.25) is 0 Å². The van der Waals surface area contributed by atoms with Gasteiger partial charge in [-0.15, -0.1) is 0 Å². The number of anilines is 1. The standard InChI is InChI=1S/C23H22IN3O5S/c1-31-21-10-6-7-17(23(21)32-2)15-25-26-22(28)16-27(19-13-11-18(24)12-14-19)33(29,30)20-8-4-3-5-9-20/h3-15H,16H2,1-2H3,(H,26,28)/b25-15-. The van der Waals surface area contributed by atoms with E-state index in [1.165, 1.54) is 32.6 Å². The monoisotopic (exact) mass is 579 g/mol. The Labute approximate surface area is 206 Å². The van der Waals surface area contributed by atoms with Crippen molar-refractivity contribution < 1.29 is 22.7 Å². The third kappa shape index (κ3) is 6.02. The van der Waals surface area contributed by atoms with Gasteiger partial charge in [-0.3, -0.25) is 9.10 Å². The third-order valence-corrected chi connectivity index (χ3v) is 7.07. The number of benzene rings is 3. The van der Waals surface area contributed by atoms with E-state index in [0.29, 0.717) is 22.7 Å². The summed E-state index contributed by atoms with van der Waals surface area (Å²) >= 11 is 2.13. The molecular formula is C23H22IN3O5S. The van der Waals surface area contributed by atoms with Gasteiger partial charge >= 0.3 is 0 Å². The SMILES string of the molecule is COc1cccc(/C=N\NC(=O)CN(c2ccc(I)cc2)S(=O)(=O)c2ccccc2)c1OC. The number of rotatable bonds is 9. The number of nitrogens with one attached hydrogen (secondary N) is 1. The number of hydrogen-bond acceptors (Lipinski definition) is 6. The molecular weight excluding hydrogens is 557 g/mol. The normalized spacial score (nSPS) is 11.2. The zero-order valence-corrected chi connectivity index (χ0v) is 20.9. The first-order chi connectivity index (χ1) is 15.9. The number of para-hydroxylation sites is 1. The van der Waals surface area contributed by atoms with Crippen LogP contribution >= 0.6 is 22.6 Å². The maximum Gasteiger partial charge on any atom is 0.264 e. The van der Waals surface area contributed by atoms with E-state index in [-0.39, 0.29) is 4.90 Å². The Kier molecular flexibility index (Phi) is 8.28. The molecule has 3 aromatic rings. The summed E-state index contributed by atoms with van der Waals surface area (Å²) in [5, 5.41) is 3.96. The summed E-state index contributed by atoms with van der Waals surface area (Å²) in [5.74, 6) is 0.378. The topological polar surface area (TPSA) is 97.3 Å². The van der Waals surface area contributed by atoms with Crippen LogP contribution in [0.3, 0.4) is 0 Å². The average molecular weight is 579 g/mol. The summed E-state index contributed by atoms with van der Waals surface area (Å²) in [6.45, 7) is -0.454. The number of amides is 1. The summed E-state index contributed by atoms with van der Waals surface area (Å²) in [5.41, 5.74) is 3.34. The van der Waals surface area contributed by atoms with E-state index in [0.717, 1.165) is 7.88 Å². The minimum absolute atomic E-state index is 0.0842. The van der Waals surface area contributed by atoms with Crippen LogP contribution in [0.25, 0.3) is 0 Å². The molecule has 0 aliphatic heterocycles. The van der Waals surface area contributed by atoms with Crippen LogP contribution in [-0.4, -0.2) is 41.3 Å². The number of ether oxygens (including phenoxy) is 2. The smallest absolute Gasteiger partial charge is 0.264 e. The van der Waals surface area contributed by atoms with E-state index < -0.39 is 22.5 Å². The highest BCUT2D eigenvalue weighted by molar-refractivity contribution is 14.1. The second-order valence-corrected chi connectivity index (χ2v) is 9.79. The van der Waals surface area contributed by atoms with Gasteiger partial charge in [-0.2, -0.15) is 5.10 Å². The molecule has 0 bridgehead atoms. The zero-order valence-electron chi connectivity index (χ0n) is 17.9. The van der Waals surface area contributed by atoms with E-state index >= 15 is 0 Å². The molecule has 8 nitrogen and oxygen atoms in total. The van der Waals surface area contributed by atoms with Gasteiger partial charge in [0, 0.05) is 9.13 Å². The predicted molar refractivity (Wildman–Crippen MR) is 135 cm³/mol. The molecule has 172 valence electrons. The molecule has 0 atom stereocenters. The Morgan fingerprint density at radius 3 is 2.33 bits per heavy atom. The van der Waals surface area contributed by atoms with E-state index in [1.54, 1.807) is 60.7 Å². The Bertz CT molecular complexity index is 1230. The molecule has 0 aliphatic rings. The number of carbonyl (C=O) groups excluding carboxylic acids is 1. The summed E-state index contributed by atoms with van der Waals surface area (Å²) in [4.78, 5) is 12.7. The van der Waals surface area contributed by atoms with Crippen LogP contribution in [0.1, 0.15) is 5.56 Å². The lowest BCUT2D eigenvalue weighted by Gasteiger charge is -2.23. The van der Waals surface area contributed by atoms with E-state index in [1.807, 2.05) is 0 Å². The van der Waals surface area contributed by atoms with Gasteiger partial charge in [0.05, 0.1) is 31.0 Å². The van der Waals surface area contributed by atoms with Crippen LogP contribution in [0, 0.1) is 3.57 Å². The molecule has 0 aromatic heterocycles. The van der Waals surface area contributed by atoms with Gasteiger partial charge < -0.3 is 9.47 Å². The molecule has 3 rings (SSSR count). The fourth-order valence-electron chi connectivity index (χ4n) is 3.00. The molecule has 0 saturated carbocycles. The molecule has 0 saturated heterocycles. The highest BCUT2D eigenvalue weighted by Gasteiger charge is 2.27. The fraction of sp³-hybridized carbons (Fsp3) is 0.130. The first-order valence-corrected chi connectivity index (χ1v) is 12.2. The highest BCUT2D eigenvalue weighted by atomic mass is 127. The molecule has 10 heteroatoms. The lowest BCUT2D eigenvalue weighted by Crippen LogP contribution is -2.39. The quantitative estimate of drug-likeness (QED) is 0.237. The number of carbonyl (C=O) groups is 1. The van der Waals surface area contributed by atoms with Crippen molar-refractivity contribution in [1.29, 1.82) is 0 Å². The van der Waals surface area contributed by atoms with Gasteiger partial charge in [0.25, 0.3) is 15.9 Å². The van der Waals surface area contributed by atoms with Crippen LogP contribution in [0.5, 0.6) is 11.5 Å². The first kappa shape index (κ1) is 24.5. The average Bonchev–Trinajstić information content (AvgIpc) is 2.83. The van der Waals surface area contributed by atoms with Crippen molar-refractivity contribution in [3.8, 4) is 11.5 Å². The third-order valence-electron chi connectivity index (χ3n) is 4.56. The molecule has 3 aromatic carbocycles. The number of hydrazone groups is 1. The number of halogens is 1. The predicted octanol–water partition coefficient (Wildman–Crippen LogP) is 3.65. The number of sulfonamides is 1.